The molecule has 0 heterocycles. The first kappa shape index (κ1) is 13.3. The fourth-order valence-electron chi connectivity index (χ4n) is 2.91. The second-order valence-electron chi connectivity index (χ2n) is 5.07. The van der Waals surface area contributed by atoms with Gasteiger partial charge in [0, 0.05) is 0 Å². The minimum absolute atomic E-state index is 0.437. The van der Waals surface area contributed by atoms with Gasteiger partial charge in [0.2, 0.25) is 0 Å². The van der Waals surface area contributed by atoms with E-state index in [-0.39, 0.29) is 0 Å². The Hall–Kier alpha value is -1.18. The number of hydrogen-bond acceptors (Lipinski definition) is 0. The summed E-state index contributed by atoms with van der Waals surface area (Å²) < 4.78 is 24.1. The van der Waals surface area contributed by atoms with Gasteiger partial charge in [-0.1, -0.05) is 43.5 Å². The maximum Gasteiger partial charge on any atom is 0.266 e. The highest BCUT2D eigenvalue weighted by molar-refractivity contribution is 5.31. The molecule has 0 N–H and O–H groups in total. The monoisotopic (exact) mass is 250 g/mol. The largest absolute Gasteiger partial charge is 0.266 e. The number of allylic oxidation sites excluding steroid dienone is 1. The van der Waals surface area contributed by atoms with Crippen LogP contribution in [-0.2, 0) is 6.42 Å². The number of halogens is 2. The van der Waals surface area contributed by atoms with E-state index in [0.29, 0.717) is 12.3 Å². The molecule has 98 valence electrons. The predicted molar refractivity (Wildman–Crippen MR) is 70.9 cm³/mol. The molecule has 0 spiro atoms. The lowest BCUT2D eigenvalue weighted by molar-refractivity contribution is 0.417. The maximum absolute atomic E-state index is 12.1. The number of aryl methyl sites for hydroxylation is 1. The molecule has 0 amide bonds. The van der Waals surface area contributed by atoms with Gasteiger partial charge >= 0.3 is 0 Å². The average molecular weight is 250 g/mol. The van der Waals surface area contributed by atoms with Crippen LogP contribution in [0.2, 0.25) is 0 Å². The first-order chi connectivity index (χ1) is 8.77. The van der Waals surface area contributed by atoms with Crippen molar-refractivity contribution in [2.24, 2.45) is 0 Å². The third kappa shape index (κ3) is 3.66. The molecule has 0 nitrogen and oxygen atoms in total. The molecule has 18 heavy (non-hydrogen) atoms. The van der Waals surface area contributed by atoms with Gasteiger partial charge in [0.05, 0.1) is 0 Å². The summed E-state index contributed by atoms with van der Waals surface area (Å²) in [5, 5.41) is 0. The van der Waals surface area contributed by atoms with E-state index in [1.807, 2.05) is 6.07 Å². The van der Waals surface area contributed by atoms with Crippen LogP contribution in [0.25, 0.3) is 0 Å². The molecule has 1 aromatic rings. The summed E-state index contributed by atoms with van der Waals surface area (Å²) in [4.78, 5) is 0. The fourth-order valence-corrected chi connectivity index (χ4v) is 2.91. The fraction of sp³-hybridized carbons (Fsp3) is 0.500. The lowest BCUT2D eigenvalue weighted by Crippen LogP contribution is -2.07. The van der Waals surface area contributed by atoms with Gasteiger partial charge in [-0.25, -0.2) is 0 Å². The van der Waals surface area contributed by atoms with Crippen molar-refractivity contribution in [3.8, 4) is 0 Å². The lowest BCUT2D eigenvalue weighted by atomic mass is 9.81. The molecule has 0 saturated heterocycles. The molecule has 1 aliphatic rings. The smallest absolute Gasteiger partial charge is 0.174 e. The zero-order valence-corrected chi connectivity index (χ0v) is 10.7. The Balaban J connectivity index is 2.07. The Kier molecular flexibility index (Phi) is 4.91. The topological polar surface area (TPSA) is 0 Å². The highest BCUT2D eigenvalue weighted by Crippen LogP contribution is 2.34. The van der Waals surface area contributed by atoms with Crippen LogP contribution in [0.3, 0.4) is 0 Å². The molecule has 0 bridgehead atoms. The van der Waals surface area contributed by atoms with E-state index >= 15 is 0 Å². The van der Waals surface area contributed by atoms with Gasteiger partial charge in [0.1, 0.15) is 0 Å². The molecule has 1 fully saturated rings. The Morgan fingerprint density at radius 2 is 1.83 bits per heavy atom. The lowest BCUT2D eigenvalue weighted by Gasteiger charge is -2.24. The quantitative estimate of drug-likeness (QED) is 0.666. The van der Waals surface area contributed by atoms with Crippen molar-refractivity contribution in [1.29, 1.82) is 0 Å². The Morgan fingerprint density at radius 1 is 1.11 bits per heavy atom. The molecule has 2 heteroatoms. The van der Waals surface area contributed by atoms with Crippen LogP contribution in [0.5, 0.6) is 0 Å². The van der Waals surface area contributed by atoms with Crippen molar-refractivity contribution in [2.45, 2.75) is 50.9 Å². The molecule has 0 radical (unpaired) electrons. The zero-order valence-electron chi connectivity index (χ0n) is 10.7. The molecular weight excluding hydrogens is 230 g/mol. The molecular formula is C16H20F2. The molecule has 0 unspecified atom stereocenters. The van der Waals surface area contributed by atoms with Crippen molar-refractivity contribution in [2.75, 3.05) is 0 Å². The van der Waals surface area contributed by atoms with Crippen LogP contribution in [0.4, 0.5) is 8.78 Å². The Morgan fingerprint density at radius 3 is 2.56 bits per heavy atom. The first-order valence-electron chi connectivity index (χ1n) is 6.86. The summed E-state index contributed by atoms with van der Waals surface area (Å²) in [7, 11) is 0. The summed E-state index contributed by atoms with van der Waals surface area (Å²) in [6.07, 6.45) is 7.08. The summed E-state index contributed by atoms with van der Waals surface area (Å²) in [6, 6.07) is 8.35. The number of benzene rings is 1. The van der Waals surface area contributed by atoms with E-state index in [1.54, 1.807) is 0 Å². The van der Waals surface area contributed by atoms with Crippen molar-refractivity contribution in [3.05, 3.63) is 47.5 Å². The second kappa shape index (κ2) is 6.67. The maximum atomic E-state index is 12.1. The molecule has 1 aliphatic carbocycles. The minimum Gasteiger partial charge on any atom is -0.174 e. The predicted octanol–water partition coefficient (Wildman–Crippen LogP) is 5.45. The van der Waals surface area contributed by atoms with Crippen LogP contribution >= 0.6 is 0 Å². The summed E-state index contributed by atoms with van der Waals surface area (Å²) in [5.74, 6) is 0.647. The van der Waals surface area contributed by atoms with Gasteiger partial charge in [-0.05, 0) is 48.8 Å². The molecule has 0 aromatic heterocycles. The van der Waals surface area contributed by atoms with Crippen LogP contribution in [-0.4, -0.2) is 0 Å². The molecule has 2 rings (SSSR count). The van der Waals surface area contributed by atoms with Crippen LogP contribution in [0.1, 0.15) is 55.6 Å². The van der Waals surface area contributed by atoms with Gasteiger partial charge < -0.3 is 0 Å². The summed E-state index contributed by atoms with van der Waals surface area (Å²) in [5.41, 5.74) is 2.65. The van der Waals surface area contributed by atoms with Crippen LogP contribution < -0.4 is 0 Å². The Labute approximate surface area is 108 Å². The number of rotatable bonds is 4. The van der Waals surface area contributed by atoms with Crippen molar-refractivity contribution in [3.63, 3.8) is 0 Å². The van der Waals surface area contributed by atoms with Gasteiger partial charge in [0.15, 0.2) is 0 Å². The SMILES string of the molecule is FC(F)=CCCc1ccccc1C1CCCCC1. The molecule has 1 saturated carbocycles. The molecule has 0 atom stereocenters. The average Bonchev–Trinajstić information content (AvgIpc) is 2.40. The van der Waals surface area contributed by atoms with E-state index in [9.17, 15) is 8.78 Å². The minimum atomic E-state index is -1.56. The number of hydrogen-bond donors (Lipinski definition) is 0. The standard InChI is InChI=1S/C16H20F2/c17-16(18)12-6-10-14-9-4-5-11-15(14)13-7-2-1-3-8-13/h4-5,9,11-13H,1-3,6-8,10H2. The van der Waals surface area contributed by atoms with Crippen molar-refractivity contribution >= 4 is 0 Å². The molecule has 1 aromatic carbocycles. The second-order valence-corrected chi connectivity index (χ2v) is 5.07. The first-order valence-corrected chi connectivity index (χ1v) is 6.86. The van der Waals surface area contributed by atoms with E-state index < -0.39 is 6.08 Å². The Bertz CT molecular complexity index is 399. The van der Waals surface area contributed by atoms with Crippen molar-refractivity contribution in [1.82, 2.24) is 0 Å². The van der Waals surface area contributed by atoms with Gasteiger partial charge in [0.25, 0.3) is 6.08 Å². The normalized spacial score (nSPS) is 16.6. The van der Waals surface area contributed by atoms with Crippen molar-refractivity contribution < 1.29 is 8.78 Å². The highest BCUT2D eigenvalue weighted by atomic mass is 19.3. The van der Waals surface area contributed by atoms with Gasteiger partial charge in [-0.3, -0.25) is 0 Å². The summed E-state index contributed by atoms with van der Waals surface area (Å²) in [6.45, 7) is 0. The highest BCUT2D eigenvalue weighted by Gasteiger charge is 2.17. The van der Waals surface area contributed by atoms with Gasteiger partial charge in [-0.2, -0.15) is 8.78 Å². The molecule has 0 aliphatic heterocycles. The zero-order chi connectivity index (χ0) is 12.8. The van der Waals surface area contributed by atoms with E-state index in [0.717, 1.165) is 12.5 Å². The van der Waals surface area contributed by atoms with Crippen LogP contribution in [0, 0.1) is 0 Å². The van der Waals surface area contributed by atoms with E-state index in [4.69, 9.17) is 0 Å². The third-order valence-electron chi connectivity index (χ3n) is 3.81. The third-order valence-corrected chi connectivity index (χ3v) is 3.81. The van der Waals surface area contributed by atoms with E-state index in [2.05, 4.69) is 18.2 Å². The van der Waals surface area contributed by atoms with Gasteiger partial charge in [-0.15, -0.1) is 0 Å². The van der Waals surface area contributed by atoms with Crippen LogP contribution in [0.15, 0.2) is 36.4 Å². The van der Waals surface area contributed by atoms with E-state index in [1.165, 1.54) is 43.2 Å². The summed E-state index contributed by atoms with van der Waals surface area (Å²) >= 11 is 0.